The Bertz CT molecular complexity index is 1230. The highest BCUT2D eigenvalue weighted by Gasteiger charge is 2.30. The van der Waals surface area contributed by atoms with Crippen molar-refractivity contribution in [3.05, 3.63) is 46.0 Å². The van der Waals surface area contributed by atoms with Crippen LogP contribution in [0, 0.1) is 18.6 Å². The third-order valence-corrected chi connectivity index (χ3v) is 5.41. The maximum Gasteiger partial charge on any atom is 0.422 e. The van der Waals surface area contributed by atoms with Gasteiger partial charge in [-0.25, -0.2) is 13.8 Å². The second-order valence-electron chi connectivity index (χ2n) is 7.11. The molecule has 2 amide bonds. The van der Waals surface area contributed by atoms with Crippen molar-refractivity contribution >= 4 is 34.2 Å². The molecule has 188 valence electrons. The molecule has 8 nitrogen and oxygen atoms in total. The normalized spacial score (nSPS) is 11.3. The molecule has 0 radical (unpaired) electrons. The van der Waals surface area contributed by atoms with Crippen molar-refractivity contribution in [1.82, 2.24) is 10.3 Å². The molecule has 0 spiro atoms. The number of aromatic nitrogens is 1. The molecule has 2 aromatic heterocycles. The zero-order chi connectivity index (χ0) is 25.9. The predicted octanol–water partition coefficient (Wildman–Crippen LogP) is 4.51. The fourth-order valence-electron chi connectivity index (χ4n) is 3.12. The number of carbonyl (C=O) groups excluding carboxylic acids is 2. The van der Waals surface area contributed by atoms with E-state index in [9.17, 15) is 31.5 Å². The van der Waals surface area contributed by atoms with Gasteiger partial charge in [0.2, 0.25) is 11.8 Å². The largest absolute Gasteiger partial charge is 0.478 e. The van der Waals surface area contributed by atoms with E-state index in [0.717, 1.165) is 23.5 Å². The average Bonchev–Trinajstić information content (AvgIpc) is 3.36. The molecule has 0 aliphatic heterocycles. The van der Waals surface area contributed by atoms with E-state index in [4.69, 9.17) is 4.42 Å². The third kappa shape index (κ3) is 6.07. The lowest BCUT2D eigenvalue weighted by molar-refractivity contribution is -0.154. The van der Waals surface area contributed by atoms with Crippen LogP contribution in [0.2, 0.25) is 0 Å². The van der Waals surface area contributed by atoms with Gasteiger partial charge in [0.1, 0.15) is 11.3 Å². The summed E-state index contributed by atoms with van der Waals surface area (Å²) >= 11 is 0.959. The molecule has 0 aliphatic rings. The summed E-state index contributed by atoms with van der Waals surface area (Å²) in [5.74, 6) is -4.23. The molecule has 14 heteroatoms. The van der Waals surface area contributed by atoms with Gasteiger partial charge in [-0.15, -0.1) is 11.3 Å². The Morgan fingerprint density at radius 3 is 2.40 bits per heavy atom. The number of hydrogen-bond donors (Lipinski definition) is 3. The van der Waals surface area contributed by atoms with Crippen LogP contribution in [0.25, 0.3) is 11.3 Å². The van der Waals surface area contributed by atoms with Crippen molar-refractivity contribution in [3.8, 4) is 17.0 Å². The van der Waals surface area contributed by atoms with E-state index in [1.807, 2.05) is 0 Å². The van der Waals surface area contributed by atoms with Crippen LogP contribution in [-0.4, -0.2) is 43.7 Å². The van der Waals surface area contributed by atoms with Crippen LogP contribution in [0.1, 0.15) is 21.7 Å². The number of carbonyl (C=O) groups is 2. The van der Waals surface area contributed by atoms with Crippen LogP contribution in [0.5, 0.6) is 5.75 Å². The smallest absolute Gasteiger partial charge is 0.422 e. The lowest BCUT2D eigenvalue weighted by Gasteiger charge is -2.11. The van der Waals surface area contributed by atoms with Crippen LogP contribution in [-0.2, 0) is 11.2 Å². The van der Waals surface area contributed by atoms with Crippen molar-refractivity contribution < 1.29 is 40.7 Å². The fraction of sp³-hybridized carbons (Fsp3) is 0.286. The number of anilines is 2. The Hall–Kier alpha value is -3.68. The minimum atomic E-state index is -4.76. The Balaban J connectivity index is 1.75. The molecule has 1 aromatic carbocycles. The molecule has 0 bridgehead atoms. The van der Waals surface area contributed by atoms with Crippen molar-refractivity contribution in [3.63, 3.8) is 0 Å². The Morgan fingerprint density at radius 1 is 1.17 bits per heavy atom. The van der Waals surface area contributed by atoms with Gasteiger partial charge in [0.25, 0.3) is 5.91 Å². The van der Waals surface area contributed by atoms with Gasteiger partial charge < -0.3 is 25.1 Å². The summed E-state index contributed by atoms with van der Waals surface area (Å²) in [4.78, 5) is 28.9. The van der Waals surface area contributed by atoms with E-state index < -0.39 is 42.0 Å². The number of furan rings is 1. The summed E-state index contributed by atoms with van der Waals surface area (Å²) in [6, 6.07) is 1.55. The van der Waals surface area contributed by atoms with E-state index in [1.54, 1.807) is 14.0 Å². The van der Waals surface area contributed by atoms with Crippen molar-refractivity contribution in [2.75, 3.05) is 31.3 Å². The topological polar surface area (TPSA) is 105 Å². The minimum Gasteiger partial charge on any atom is -0.478 e. The summed E-state index contributed by atoms with van der Waals surface area (Å²) in [7, 11) is 3.00. The highest BCUT2D eigenvalue weighted by molar-refractivity contribution is 7.14. The first kappa shape index (κ1) is 25.9. The molecule has 0 unspecified atom stereocenters. The number of alkyl halides is 3. The first-order valence-corrected chi connectivity index (χ1v) is 10.8. The molecule has 3 N–H and O–H groups in total. The van der Waals surface area contributed by atoms with Gasteiger partial charge in [-0.1, -0.05) is 0 Å². The average molecular weight is 518 g/mol. The van der Waals surface area contributed by atoms with Crippen molar-refractivity contribution in [2.45, 2.75) is 19.5 Å². The summed E-state index contributed by atoms with van der Waals surface area (Å²) in [6.07, 6.45) is -4.98. The lowest BCUT2D eigenvalue weighted by Crippen LogP contribution is -2.22. The Labute approximate surface area is 199 Å². The van der Waals surface area contributed by atoms with Crippen LogP contribution in [0.15, 0.2) is 21.9 Å². The first-order chi connectivity index (χ1) is 16.4. The van der Waals surface area contributed by atoms with Gasteiger partial charge >= 0.3 is 6.18 Å². The molecule has 3 rings (SSSR count). The fourth-order valence-corrected chi connectivity index (χ4v) is 3.86. The van der Waals surface area contributed by atoms with Gasteiger partial charge in [0, 0.05) is 30.6 Å². The van der Waals surface area contributed by atoms with Gasteiger partial charge in [-0.3, -0.25) is 9.59 Å². The zero-order valence-electron chi connectivity index (χ0n) is 18.5. The van der Waals surface area contributed by atoms with E-state index in [1.165, 1.54) is 12.4 Å². The van der Waals surface area contributed by atoms with E-state index >= 15 is 0 Å². The standard InChI is InChI=1S/C21H19F5N4O4S/c1-9-11(16(18(32)27-2)19(28-3)34-9)6-15(31)30-20-29-14(7-35-20)10-4-12(22)17(13(23)5-10)33-8-21(24,25)26/h4-5,7,28H,6,8H2,1-3H3,(H,27,32)(H,29,30,31). The van der Waals surface area contributed by atoms with Crippen molar-refractivity contribution in [2.24, 2.45) is 0 Å². The third-order valence-electron chi connectivity index (χ3n) is 4.65. The number of hydrogen-bond acceptors (Lipinski definition) is 7. The monoisotopic (exact) mass is 518 g/mol. The van der Waals surface area contributed by atoms with Crippen LogP contribution >= 0.6 is 11.3 Å². The number of benzene rings is 1. The highest BCUT2D eigenvalue weighted by atomic mass is 32.1. The SMILES string of the molecule is CNC(=O)c1c(NC)oc(C)c1CC(=O)Nc1nc(-c2cc(F)c(OCC(F)(F)F)c(F)c2)cs1. The van der Waals surface area contributed by atoms with Gasteiger partial charge in [-0.05, 0) is 19.1 Å². The molecule has 35 heavy (non-hydrogen) atoms. The Morgan fingerprint density at radius 2 is 1.83 bits per heavy atom. The van der Waals surface area contributed by atoms with Gasteiger partial charge in [0.15, 0.2) is 29.1 Å². The number of aryl methyl sites for hydroxylation is 1. The van der Waals surface area contributed by atoms with Crippen LogP contribution in [0.3, 0.4) is 0 Å². The molecule has 0 atom stereocenters. The van der Waals surface area contributed by atoms with Gasteiger partial charge in [0.05, 0.1) is 12.1 Å². The molecule has 3 aromatic rings. The van der Waals surface area contributed by atoms with Crippen molar-refractivity contribution in [1.29, 1.82) is 0 Å². The number of halogens is 5. The lowest BCUT2D eigenvalue weighted by atomic mass is 10.1. The number of rotatable bonds is 8. The number of thiazole rings is 1. The molecule has 0 aliphatic carbocycles. The molecule has 0 saturated heterocycles. The minimum absolute atomic E-state index is 0.0673. The van der Waals surface area contributed by atoms with E-state index in [2.05, 4.69) is 25.7 Å². The van der Waals surface area contributed by atoms with Crippen LogP contribution in [0.4, 0.5) is 33.0 Å². The van der Waals surface area contributed by atoms with E-state index in [-0.39, 0.29) is 34.3 Å². The number of nitrogens with zero attached hydrogens (tertiary/aromatic N) is 1. The number of ether oxygens (including phenoxy) is 1. The predicted molar refractivity (Wildman–Crippen MR) is 118 cm³/mol. The molecule has 0 fully saturated rings. The first-order valence-electron chi connectivity index (χ1n) is 9.90. The second-order valence-corrected chi connectivity index (χ2v) is 7.96. The Kier molecular flexibility index (Phi) is 7.63. The zero-order valence-corrected chi connectivity index (χ0v) is 19.3. The maximum absolute atomic E-state index is 14.2. The summed E-state index contributed by atoms with van der Waals surface area (Å²) in [6.45, 7) is -0.247. The second kappa shape index (κ2) is 10.3. The molecule has 0 saturated carbocycles. The quantitative estimate of drug-likeness (QED) is 0.379. The summed E-state index contributed by atoms with van der Waals surface area (Å²) in [5, 5.41) is 9.26. The number of nitrogens with one attached hydrogen (secondary N) is 3. The number of amides is 2. The highest BCUT2D eigenvalue weighted by Crippen LogP contribution is 2.32. The van der Waals surface area contributed by atoms with Gasteiger partial charge in [-0.2, -0.15) is 13.2 Å². The molecular weight excluding hydrogens is 499 g/mol. The summed E-state index contributed by atoms with van der Waals surface area (Å²) in [5.41, 5.74) is 0.554. The molecular formula is C21H19F5N4O4S. The van der Waals surface area contributed by atoms with E-state index in [0.29, 0.717) is 11.3 Å². The molecule has 2 heterocycles. The summed E-state index contributed by atoms with van der Waals surface area (Å²) < 4.78 is 74.8. The van der Waals surface area contributed by atoms with Crippen LogP contribution < -0.4 is 20.7 Å². The maximum atomic E-state index is 14.2.